The molecule has 0 radical (unpaired) electrons. The number of rotatable bonds is 5. The summed E-state index contributed by atoms with van der Waals surface area (Å²) in [6.45, 7) is 8.62. The highest BCUT2D eigenvalue weighted by Gasteiger charge is 2.22. The summed E-state index contributed by atoms with van der Waals surface area (Å²) in [5.74, 6) is -0.0477. The summed E-state index contributed by atoms with van der Waals surface area (Å²) in [7, 11) is 0. The maximum atomic E-state index is 13.3. The number of aromatic nitrogens is 4. The second-order valence-electron chi connectivity index (χ2n) is 7.35. The van der Waals surface area contributed by atoms with Gasteiger partial charge in [-0.1, -0.05) is 23.5 Å². The summed E-state index contributed by atoms with van der Waals surface area (Å²) in [4.78, 5) is 24.1. The Morgan fingerprint density at radius 3 is 2.69 bits per heavy atom. The second kappa shape index (κ2) is 7.75. The van der Waals surface area contributed by atoms with Gasteiger partial charge in [-0.3, -0.25) is 19.4 Å². The summed E-state index contributed by atoms with van der Waals surface area (Å²) in [5, 5.41) is 5.14. The molecule has 0 atom stereocenters. The van der Waals surface area contributed by atoms with Crippen molar-refractivity contribution < 1.29 is 4.79 Å². The quantitative estimate of drug-likeness (QED) is 0.495. The molecule has 0 saturated heterocycles. The summed E-state index contributed by atoms with van der Waals surface area (Å²) in [6, 6.07) is 10.1. The first-order valence-corrected chi connectivity index (χ1v) is 10.3. The fourth-order valence-electron chi connectivity index (χ4n) is 3.46. The van der Waals surface area contributed by atoms with Gasteiger partial charge in [0.15, 0.2) is 5.13 Å². The molecule has 0 saturated carbocycles. The van der Waals surface area contributed by atoms with Crippen molar-refractivity contribution in [2.45, 2.75) is 40.8 Å². The van der Waals surface area contributed by atoms with Gasteiger partial charge >= 0.3 is 0 Å². The Bertz CT molecular complexity index is 1180. The highest BCUT2D eigenvalue weighted by atomic mass is 32.1. The zero-order valence-corrected chi connectivity index (χ0v) is 17.8. The lowest BCUT2D eigenvalue weighted by molar-refractivity contribution is -0.119. The van der Waals surface area contributed by atoms with Crippen molar-refractivity contribution >= 4 is 32.6 Å². The van der Waals surface area contributed by atoms with Crippen LogP contribution in [0.5, 0.6) is 0 Å². The largest absolute Gasteiger partial charge is 0.282 e. The smallest absolute Gasteiger partial charge is 0.250 e. The number of nitrogens with zero attached hydrogens (tertiary/aromatic N) is 5. The molecule has 7 heteroatoms. The molecule has 148 valence electrons. The maximum absolute atomic E-state index is 13.3. The van der Waals surface area contributed by atoms with Crippen LogP contribution in [0.3, 0.4) is 0 Å². The average Bonchev–Trinajstić information content (AvgIpc) is 3.23. The summed E-state index contributed by atoms with van der Waals surface area (Å²) in [5.41, 5.74) is 6.09. The van der Waals surface area contributed by atoms with E-state index in [9.17, 15) is 4.79 Å². The van der Waals surface area contributed by atoms with Crippen LogP contribution in [0.25, 0.3) is 10.2 Å². The van der Waals surface area contributed by atoms with Crippen LogP contribution in [0.15, 0.2) is 42.7 Å². The third-order valence-corrected chi connectivity index (χ3v) is 5.83. The summed E-state index contributed by atoms with van der Waals surface area (Å²) >= 11 is 1.55. The minimum absolute atomic E-state index is 0.0477. The number of carbonyl (C=O) groups is 1. The normalized spacial score (nSPS) is 11.2. The second-order valence-corrected chi connectivity index (χ2v) is 8.36. The molecule has 0 fully saturated rings. The number of hydrogen-bond acceptors (Lipinski definition) is 5. The Labute approximate surface area is 173 Å². The molecule has 0 N–H and O–H groups in total. The van der Waals surface area contributed by atoms with Crippen molar-refractivity contribution in [2.75, 3.05) is 4.90 Å². The molecule has 0 aliphatic carbocycles. The summed E-state index contributed by atoms with van der Waals surface area (Å²) < 4.78 is 2.84. The summed E-state index contributed by atoms with van der Waals surface area (Å²) in [6.07, 6.45) is 3.52. The zero-order chi connectivity index (χ0) is 20.5. The number of amides is 1. The molecule has 0 aliphatic rings. The van der Waals surface area contributed by atoms with Crippen LogP contribution in [0.1, 0.15) is 28.1 Å². The fraction of sp³-hybridized carbons (Fsp3) is 0.273. The van der Waals surface area contributed by atoms with Crippen LogP contribution in [0.2, 0.25) is 0 Å². The molecule has 3 heterocycles. The molecule has 0 bridgehead atoms. The standard InChI is InChI=1S/C22H23N5OS/c1-14-8-15(2)21-19(9-14)29-22(24-21)26(12-18-6-5-7-23-11-18)20(28)13-27-17(4)10-16(3)25-27/h5-11H,12-13H2,1-4H3. The van der Waals surface area contributed by atoms with Gasteiger partial charge in [0.1, 0.15) is 6.54 Å². The van der Waals surface area contributed by atoms with Crippen LogP contribution in [0, 0.1) is 27.7 Å². The van der Waals surface area contributed by atoms with Gasteiger partial charge < -0.3 is 0 Å². The van der Waals surface area contributed by atoms with Crippen molar-refractivity contribution in [3.63, 3.8) is 0 Å². The molecule has 4 rings (SSSR count). The van der Waals surface area contributed by atoms with Gasteiger partial charge in [0, 0.05) is 18.1 Å². The number of anilines is 1. The van der Waals surface area contributed by atoms with Crippen LogP contribution < -0.4 is 4.90 Å². The molecule has 3 aromatic heterocycles. The predicted molar refractivity (Wildman–Crippen MR) is 116 cm³/mol. The van der Waals surface area contributed by atoms with Crippen LogP contribution >= 0.6 is 11.3 Å². The van der Waals surface area contributed by atoms with Crippen molar-refractivity contribution in [1.29, 1.82) is 0 Å². The third-order valence-electron chi connectivity index (χ3n) is 4.80. The average molecular weight is 406 g/mol. The first-order valence-electron chi connectivity index (χ1n) is 9.49. The number of thiazole rings is 1. The van der Waals surface area contributed by atoms with E-state index >= 15 is 0 Å². The maximum Gasteiger partial charge on any atom is 0.250 e. The lowest BCUT2D eigenvalue weighted by Gasteiger charge is -2.20. The van der Waals surface area contributed by atoms with Crippen molar-refractivity contribution in [3.05, 3.63) is 70.8 Å². The van der Waals surface area contributed by atoms with Crippen molar-refractivity contribution in [2.24, 2.45) is 0 Å². The van der Waals surface area contributed by atoms with Gasteiger partial charge in [-0.05, 0) is 62.6 Å². The Morgan fingerprint density at radius 2 is 2.00 bits per heavy atom. The van der Waals surface area contributed by atoms with Gasteiger partial charge in [-0.2, -0.15) is 5.10 Å². The van der Waals surface area contributed by atoms with Crippen molar-refractivity contribution in [1.82, 2.24) is 19.7 Å². The molecule has 6 nitrogen and oxygen atoms in total. The van der Waals surface area contributed by atoms with Crippen LogP contribution in [-0.4, -0.2) is 25.7 Å². The number of hydrogen-bond donors (Lipinski definition) is 0. The minimum atomic E-state index is -0.0477. The fourth-order valence-corrected chi connectivity index (χ4v) is 4.62. The monoisotopic (exact) mass is 405 g/mol. The number of aryl methyl sites for hydroxylation is 4. The molecular weight excluding hydrogens is 382 g/mol. The van der Waals surface area contributed by atoms with Gasteiger partial charge in [-0.25, -0.2) is 4.98 Å². The van der Waals surface area contributed by atoms with E-state index in [4.69, 9.17) is 4.98 Å². The molecule has 4 aromatic rings. The number of carbonyl (C=O) groups excluding carboxylic acids is 1. The van der Waals surface area contributed by atoms with E-state index in [0.29, 0.717) is 11.7 Å². The van der Waals surface area contributed by atoms with E-state index in [2.05, 4.69) is 36.1 Å². The Kier molecular flexibility index (Phi) is 5.15. The Hall–Kier alpha value is -3.06. The highest BCUT2D eigenvalue weighted by molar-refractivity contribution is 7.22. The minimum Gasteiger partial charge on any atom is -0.282 e. The molecule has 29 heavy (non-hydrogen) atoms. The molecule has 1 aromatic carbocycles. The highest BCUT2D eigenvalue weighted by Crippen LogP contribution is 2.32. The number of fused-ring (bicyclic) bond motifs is 1. The van der Waals surface area contributed by atoms with Crippen LogP contribution in [0.4, 0.5) is 5.13 Å². The van der Waals surface area contributed by atoms with E-state index in [1.165, 1.54) is 5.56 Å². The molecule has 1 amide bonds. The van der Waals surface area contributed by atoms with E-state index in [1.54, 1.807) is 33.3 Å². The zero-order valence-electron chi connectivity index (χ0n) is 17.0. The number of benzene rings is 1. The van der Waals surface area contributed by atoms with Gasteiger partial charge in [0.2, 0.25) is 0 Å². The molecule has 0 aliphatic heterocycles. The van der Waals surface area contributed by atoms with E-state index in [-0.39, 0.29) is 12.5 Å². The van der Waals surface area contributed by atoms with Gasteiger partial charge in [-0.15, -0.1) is 0 Å². The Morgan fingerprint density at radius 1 is 1.17 bits per heavy atom. The van der Waals surface area contributed by atoms with Crippen molar-refractivity contribution in [3.8, 4) is 0 Å². The van der Waals surface area contributed by atoms with E-state index < -0.39 is 0 Å². The predicted octanol–water partition coefficient (Wildman–Crippen LogP) is 4.35. The SMILES string of the molecule is Cc1cc(C)c2nc(N(Cc3cccnc3)C(=O)Cn3nc(C)cc3C)sc2c1. The third kappa shape index (κ3) is 4.05. The molecule has 0 unspecified atom stereocenters. The Balaban J connectivity index is 1.72. The lowest BCUT2D eigenvalue weighted by atomic mass is 10.1. The van der Waals surface area contributed by atoms with Crippen LogP contribution in [-0.2, 0) is 17.9 Å². The lowest BCUT2D eigenvalue weighted by Crippen LogP contribution is -2.34. The molecule has 0 spiro atoms. The number of pyridine rings is 1. The topological polar surface area (TPSA) is 63.9 Å². The first kappa shape index (κ1) is 19.3. The first-order chi connectivity index (χ1) is 13.9. The van der Waals surface area contributed by atoms with E-state index in [0.717, 1.165) is 32.7 Å². The van der Waals surface area contributed by atoms with Gasteiger partial charge in [0.05, 0.1) is 22.5 Å². The molecular formula is C22H23N5OS. The van der Waals surface area contributed by atoms with E-state index in [1.807, 2.05) is 32.0 Å². The van der Waals surface area contributed by atoms with Gasteiger partial charge in [0.25, 0.3) is 5.91 Å².